The SMILES string of the molecule is CC(C)OCCO[Si](C)(C)C(C)(C)C. The number of hydrogen-bond donors (Lipinski definition) is 0. The van der Waals surface area contributed by atoms with E-state index in [1.54, 1.807) is 0 Å². The molecule has 2 nitrogen and oxygen atoms in total. The highest BCUT2D eigenvalue weighted by atomic mass is 28.4. The molecule has 86 valence electrons. The van der Waals surface area contributed by atoms with Crippen molar-refractivity contribution in [3.63, 3.8) is 0 Å². The van der Waals surface area contributed by atoms with Crippen LogP contribution in [0.1, 0.15) is 34.6 Å². The van der Waals surface area contributed by atoms with Crippen molar-refractivity contribution in [2.45, 2.75) is 58.9 Å². The van der Waals surface area contributed by atoms with Crippen molar-refractivity contribution >= 4 is 8.32 Å². The first-order chi connectivity index (χ1) is 6.17. The van der Waals surface area contributed by atoms with E-state index >= 15 is 0 Å². The van der Waals surface area contributed by atoms with E-state index in [9.17, 15) is 0 Å². The summed E-state index contributed by atoms with van der Waals surface area (Å²) < 4.78 is 11.4. The molecule has 0 aliphatic rings. The van der Waals surface area contributed by atoms with E-state index in [4.69, 9.17) is 9.16 Å². The van der Waals surface area contributed by atoms with Crippen LogP contribution >= 0.6 is 0 Å². The number of hydrogen-bond acceptors (Lipinski definition) is 2. The summed E-state index contributed by atoms with van der Waals surface area (Å²) in [4.78, 5) is 0. The van der Waals surface area contributed by atoms with Gasteiger partial charge in [0.2, 0.25) is 0 Å². The molecule has 14 heavy (non-hydrogen) atoms. The topological polar surface area (TPSA) is 18.5 Å². The lowest BCUT2D eigenvalue weighted by atomic mass is 10.2. The summed E-state index contributed by atoms with van der Waals surface area (Å²) in [7, 11) is -1.56. The van der Waals surface area contributed by atoms with Crippen molar-refractivity contribution in [1.82, 2.24) is 0 Å². The Hall–Kier alpha value is 0.137. The molecule has 0 radical (unpaired) electrons. The maximum atomic E-state index is 5.96. The highest BCUT2D eigenvalue weighted by molar-refractivity contribution is 6.74. The van der Waals surface area contributed by atoms with Gasteiger partial charge in [0.1, 0.15) is 0 Å². The average Bonchev–Trinajstić information content (AvgIpc) is 1.95. The molecule has 0 saturated heterocycles. The van der Waals surface area contributed by atoms with E-state index in [-0.39, 0.29) is 0 Å². The molecule has 0 rings (SSSR count). The average molecular weight is 218 g/mol. The molecule has 0 aromatic carbocycles. The molecule has 0 unspecified atom stereocenters. The number of ether oxygens (including phenoxy) is 1. The Labute approximate surface area is 90.1 Å². The highest BCUT2D eigenvalue weighted by Gasteiger charge is 2.36. The van der Waals surface area contributed by atoms with Crippen LogP contribution in [0.5, 0.6) is 0 Å². The van der Waals surface area contributed by atoms with Gasteiger partial charge < -0.3 is 9.16 Å². The largest absolute Gasteiger partial charge is 0.414 e. The summed E-state index contributed by atoms with van der Waals surface area (Å²) >= 11 is 0. The monoisotopic (exact) mass is 218 g/mol. The molecule has 0 spiro atoms. The first kappa shape index (κ1) is 14.1. The minimum absolute atomic E-state index is 0.296. The van der Waals surface area contributed by atoms with Crippen molar-refractivity contribution in [3.05, 3.63) is 0 Å². The van der Waals surface area contributed by atoms with Gasteiger partial charge in [0.05, 0.1) is 19.3 Å². The van der Waals surface area contributed by atoms with E-state index in [1.165, 1.54) is 0 Å². The summed E-state index contributed by atoms with van der Waals surface area (Å²) in [5, 5.41) is 0.296. The van der Waals surface area contributed by atoms with Crippen molar-refractivity contribution in [3.8, 4) is 0 Å². The molecule has 0 fully saturated rings. The van der Waals surface area contributed by atoms with Gasteiger partial charge in [0, 0.05) is 0 Å². The smallest absolute Gasteiger partial charge is 0.192 e. The lowest BCUT2D eigenvalue weighted by Gasteiger charge is -2.36. The zero-order chi connectivity index (χ0) is 11.4. The normalized spacial score (nSPS) is 13.7. The maximum Gasteiger partial charge on any atom is 0.192 e. The molecule has 0 aliphatic heterocycles. The van der Waals surface area contributed by atoms with Crippen molar-refractivity contribution in [2.24, 2.45) is 0 Å². The Bertz CT molecular complexity index is 159. The van der Waals surface area contributed by atoms with Crippen LogP contribution in [0.4, 0.5) is 0 Å². The molecule has 0 atom stereocenters. The summed E-state index contributed by atoms with van der Waals surface area (Å²) in [5.41, 5.74) is 0. The van der Waals surface area contributed by atoms with Gasteiger partial charge in [-0.05, 0) is 32.0 Å². The van der Waals surface area contributed by atoms with E-state index in [2.05, 4.69) is 33.9 Å². The van der Waals surface area contributed by atoms with Crippen LogP contribution in [0.2, 0.25) is 18.1 Å². The van der Waals surface area contributed by atoms with Crippen LogP contribution in [0.3, 0.4) is 0 Å². The fourth-order valence-electron chi connectivity index (χ4n) is 0.797. The molecular formula is C11H26O2Si. The second-order valence-electron chi connectivity index (χ2n) is 5.53. The van der Waals surface area contributed by atoms with Crippen molar-refractivity contribution < 1.29 is 9.16 Å². The van der Waals surface area contributed by atoms with Gasteiger partial charge in [-0.2, -0.15) is 0 Å². The quantitative estimate of drug-likeness (QED) is 0.520. The minimum Gasteiger partial charge on any atom is -0.414 e. The Balaban J connectivity index is 3.78. The molecule has 0 aromatic rings. The summed E-state index contributed by atoms with van der Waals surface area (Å²) in [6.07, 6.45) is 0.304. The molecule has 0 saturated carbocycles. The van der Waals surface area contributed by atoms with Gasteiger partial charge in [0.15, 0.2) is 8.32 Å². The van der Waals surface area contributed by atoms with Gasteiger partial charge in [-0.3, -0.25) is 0 Å². The molecule has 0 heterocycles. The highest BCUT2D eigenvalue weighted by Crippen LogP contribution is 2.36. The molecular weight excluding hydrogens is 192 g/mol. The Morgan fingerprint density at radius 1 is 1.07 bits per heavy atom. The Kier molecular flexibility index (Phi) is 5.34. The third-order valence-corrected chi connectivity index (χ3v) is 7.34. The maximum absolute atomic E-state index is 5.96. The first-order valence-electron chi connectivity index (χ1n) is 5.42. The minimum atomic E-state index is -1.56. The number of rotatable bonds is 5. The van der Waals surface area contributed by atoms with Gasteiger partial charge in [-0.1, -0.05) is 20.8 Å². The molecule has 0 amide bonds. The predicted octanol–water partition coefficient (Wildman–Crippen LogP) is 3.43. The summed E-state index contributed by atoms with van der Waals surface area (Å²) in [6, 6.07) is 0. The van der Waals surface area contributed by atoms with Crippen molar-refractivity contribution in [2.75, 3.05) is 13.2 Å². The second kappa shape index (κ2) is 5.28. The Morgan fingerprint density at radius 3 is 1.93 bits per heavy atom. The van der Waals surface area contributed by atoms with E-state index in [1.807, 2.05) is 13.8 Å². The van der Waals surface area contributed by atoms with Crippen molar-refractivity contribution in [1.29, 1.82) is 0 Å². The summed E-state index contributed by atoms with van der Waals surface area (Å²) in [5.74, 6) is 0. The molecule has 0 aromatic heterocycles. The van der Waals surface area contributed by atoms with Crippen LogP contribution in [0.25, 0.3) is 0 Å². The van der Waals surface area contributed by atoms with Gasteiger partial charge in [-0.25, -0.2) is 0 Å². The lowest BCUT2D eigenvalue weighted by Crippen LogP contribution is -2.41. The first-order valence-corrected chi connectivity index (χ1v) is 8.33. The van der Waals surface area contributed by atoms with Crippen LogP contribution in [0.15, 0.2) is 0 Å². The Morgan fingerprint density at radius 2 is 1.57 bits per heavy atom. The van der Waals surface area contributed by atoms with E-state index < -0.39 is 8.32 Å². The zero-order valence-corrected chi connectivity index (χ0v) is 11.8. The predicted molar refractivity (Wildman–Crippen MR) is 64.2 cm³/mol. The zero-order valence-electron chi connectivity index (χ0n) is 10.8. The van der Waals surface area contributed by atoms with Crippen LogP contribution in [-0.4, -0.2) is 27.6 Å². The lowest BCUT2D eigenvalue weighted by molar-refractivity contribution is 0.0521. The van der Waals surface area contributed by atoms with E-state index in [0.29, 0.717) is 17.7 Å². The third-order valence-electron chi connectivity index (χ3n) is 2.80. The fourth-order valence-corrected chi connectivity index (χ4v) is 1.82. The standard InChI is InChI=1S/C11H26O2Si/c1-10(2)12-8-9-13-14(6,7)11(3,4)5/h10H,8-9H2,1-7H3. The molecule has 0 bridgehead atoms. The van der Waals surface area contributed by atoms with Gasteiger partial charge in [-0.15, -0.1) is 0 Å². The van der Waals surface area contributed by atoms with Crippen LogP contribution < -0.4 is 0 Å². The summed E-state index contributed by atoms with van der Waals surface area (Å²) in [6.45, 7) is 16.8. The third kappa shape index (κ3) is 5.13. The molecule has 0 N–H and O–H groups in total. The van der Waals surface area contributed by atoms with E-state index in [0.717, 1.165) is 6.61 Å². The van der Waals surface area contributed by atoms with Crippen LogP contribution in [0, 0.1) is 0 Å². The van der Waals surface area contributed by atoms with Crippen LogP contribution in [-0.2, 0) is 9.16 Å². The van der Waals surface area contributed by atoms with Gasteiger partial charge >= 0.3 is 0 Å². The fraction of sp³-hybridized carbons (Fsp3) is 1.00. The van der Waals surface area contributed by atoms with Gasteiger partial charge in [0.25, 0.3) is 0 Å². The molecule has 3 heteroatoms. The molecule has 0 aliphatic carbocycles. The second-order valence-corrected chi connectivity index (χ2v) is 10.3.